The lowest BCUT2D eigenvalue weighted by atomic mass is 10.1. The molecule has 0 saturated carbocycles. The molecule has 1 unspecified atom stereocenters. The summed E-state index contributed by atoms with van der Waals surface area (Å²) in [4.78, 5) is 37.9. The number of benzene rings is 2. The van der Waals surface area contributed by atoms with Crippen LogP contribution in [0.1, 0.15) is 28.2 Å². The zero-order valence-electron chi connectivity index (χ0n) is 17.2. The van der Waals surface area contributed by atoms with Crippen molar-refractivity contribution < 1.29 is 14.3 Å². The van der Waals surface area contributed by atoms with Crippen LogP contribution in [0.15, 0.2) is 59.4 Å². The lowest BCUT2D eigenvalue weighted by Gasteiger charge is -2.16. The Hall–Kier alpha value is -3.94. The molecule has 31 heavy (non-hydrogen) atoms. The van der Waals surface area contributed by atoms with Crippen LogP contribution in [0.3, 0.4) is 0 Å². The summed E-state index contributed by atoms with van der Waals surface area (Å²) in [5.41, 5.74) is 2.22. The number of nitrogens with one attached hydrogen (secondary N) is 2. The molecule has 1 atom stereocenters. The SMILES string of the molecule is COc1ccc(-n2nc(C(=O)NC3CCc4ccccc4NC3=O)c(=O)cc2C)cc1. The maximum atomic E-state index is 12.9. The van der Waals surface area contributed by atoms with Crippen molar-refractivity contribution in [2.24, 2.45) is 0 Å². The highest BCUT2D eigenvalue weighted by Gasteiger charge is 2.27. The average molecular weight is 418 g/mol. The fourth-order valence-electron chi connectivity index (χ4n) is 3.56. The van der Waals surface area contributed by atoms with Crippen LogP contribution in [0.25, 0.3) is 5.69 Å². The van der Waals surface area contributed by atoms with Gasteiger partial charge >= 0.3 is 0 Å². The van der Waals surface area contributed by atoms with Gasteiger partial charge in [0, 0.05) is 17.4 Å². The standard InChI is InChI=1S/C23H22N4O4/c1-14-13-20(28)21(26-27(14)16-8-10-17(31-2)11-9-16)23(30)25-19-12-7-15-5-3-4-6-18(15)24-22(19)29/h3-6,8-11,13,19H,7,12H2,1-2H3,(H,24,29)(H,25,30). The van der Waals surface area contributed by atoms with Crippen LogP contribution >= 0.6 is 0 Å². The monoisotopic (exact) mass is 418 g/mol. The first kappa shape index (κ1) is 20.3. The molecular weight excluding hydrogens is 396 g/mol. The quantitative estimate of drug-likeness (QED) is 0.677. The van der Waals surface area contributed by atoms with E-state index in [1.807, 2.05) is 24.3 Å². The van der Waals surface area contributed by atoms with Gasteiger partial charge in [0.1, 0.15) is 11.8 Å². The van der Waals surface area contributed by atoms with Crippen molar-refractivity contribution in [3.8, 4) is 11.4 Å². The van der Waals surface area contributed by atoms with Crippen molar-refractivity contribution in [1.82, 2.24) is 15.1 Å². The number of fused-ring (bicyclic) bond motifs is 1. The number of aromatic nitrogens is 2. The van der Waals surface area contributed by atoms with Gasteiger partial charge in [-0.1, -0.05) is 18.2 Å². The van der Waals surface area contributed by atoms with E-state index in [-0.39, 0.29) is 11.6 Å². The number of methoxy groups -OCH3 is 1. The molecule has 0 spiro atoms. The van der Waals surface area contributed by atoms with Gasteiger partial charge in [-0.2, -0.15) is 5.10 Å². The number of anilines is 1. The van der Waals surface area contributed by atoms with Gasteiger partial charge in [-0.05, 0) is 55.7 Å². The number of aryl methyl sites for hydroxylation is 2. The Bertz CT molecular complexity index is 1200. The maximum absolute atomic E-state index is 12.9. The van der Waals surface area contributed by atoms with Gasteiger partial charge in [0.2, 0.25) is 11.3 Å². The van der Waals surface area contributed by atoms with E-state index in [0.717, 1.165) is 11.3 Å². The minimum absolute atomic E-state index is 0.268. The zero-order valence-corrected chi connectivity index (χ0v) is 17.2. The van der Waals surface area contributed by atoms with Crippen molar-refractivity contribution in [3.63, 3.8) is 0 Å². The molecule has 158 valence electrons. The molecule has 0 saturated heterocycles. The molecule has 2 aromatic carbocycles. The molecule has 8 heteroatoms. The molecule has 0 bridgehead atoms. The average Bonchev–Trinajstić information content (AvgIpc) is 2.92. The summed E-state index contributed by atoms with van der Waals surface area (Å²) >= 11 is 0. The summed E-state index contributed by atoms with van der Waals surface area (Å²) in [7, 11) is 1.57. The smallest absolute Gasteiger partial charge is 0.276 e. The lowest BCUT2D eigenvalue weighted by Crippen LogP contribution is -2.45. The Morgan fingerprint density at radius 2 is 1.90 bits per heavy atom. The highest BCUT2D eigenvalue weighted by molar-refractivity contribution is 6.01. The first-order chi connectivity index (χ1) is 15.0. The van der Waals surface area contributed by atoms with Gasteiger partial charge in [0.15, 0.2) is 5.69 Å². The van der Waals surface area contributed by atoms with E-state index >= 15 is 0 Å². The minimum Gasteiger partial charge on any atom is -0.497 e. The van der Waals surface area contributed by atoms with Crippen molar-refractivity contribution in [1.29, 1.82) is 0 Å². The summed E-state index contributed by atoms with van der Waals surface area (Å²) in [5.74, 6) is -0.319. The van der Waals surface area contributed by atoms with E-state index in [0.29, 0.717) is 30.0 Å². The van der Waals surface area contributed by atoms with Gasteiger partial charge in [0.05, 0.1) is 12.8 Å². The number of rotatable bonds is 4. The zero-order chi connectivity index (χ0) is 22.0. The Morgan fingerprint density at radius 3 is 2.65 bits per heavy atom. The summed E-state index contributed by atoms with van der Waals surface area (Å²) < 4.78 is 6.68. The van der Waals surface area contributed by atoms with Gasteiger partial charge in [-0.25, -0.2) is 4.68 Å². The van der Waals surface area contributed by atoms with Crippen LogP contribution in [-0.4, -0.2) is 34.7 Å². The molecule has 2 heterocycles. The van der Waals surface area contributed by atoms with Crippen molar-refractivity contribution in [2.75, 3.05) is 12.4 Å². The summed E-state index contributed by atoms with van der Waals surface area (Å²) in [6.07, 6.45) is 1.05. The molecule has 0 aliphatic carbocycles. The van der Waals surface area contributed by atoms with E-state index in [1.165, 1.54) is 10.7 Å². The first-order valence-electron chi connectivity index (χ1n) is 9.91. The number of hydrogen-bond donors (Lipinski definition) is 2. The lowest BCUT2D eigenvalue weighted by molar-refractivity contribution is -0.118. The Labute approximate surface area is 178 Å². The third kappa shape index (κ3) is 4.18. The molecule has 4 rings (SSSR count). The van der Waals surface area contributed by atoms with Crippen LogP contribution in [0.5, 0.6) is 5.75 Å². The molecule has 8 nitrogen and oxygen atoms in total. The molecule has 2 N–H and O–H groups in total. The second-order valence-electron chi connectivity index (χ2n) is 7.32. The third-order valence-corrected chi connectivity index (χ3v) is 5.24. The highest BCUT2D eigenvalue weighted by atomic mass is 16.5. The number of para-hydroxylation sites is 1. The van der Waals surface area contributed by atoms with E-state index in [1.54, 1.807) is 38.3 Å². The van der Waals surface area contributed by atoms with E-state index < -0.39 is 17.4 Å². The van der Waals surface area contributed by atoms with Crippen molar-refractivity contribution >= 4 is 17.5 Å². The number of hydrogen-bond acceptors (Lipinski definition) is 5. The molecule has 1 aliphatic heterocycles. The number of carbonyl (C=O) groups is 2. The predicted octanol–water partition coefficient (Wildman–Crippen LogP) is 2.23. The molecule has 1 aromatic heterocycles. The third-order valence-electron chi connectivity index (χ3n) is 5.24. The van der Waals surface area contributed by atoms with Crippen molar-refractivity contribution in [2.45, 2.75) is 25.8 Å². The number of nitrogens with zero attached hydrogens (tertiary/aromatic N) is 2. The van der Waals surface area contributed by atoms with Crippen LogP contribution < -0.4 is 20.8 Å². The molecule has 3 aromatic rings. The van der Waals surface area contributed by atoms with Gasteiger partial charge < -0.3 is 15.4 Å². The summed E-state index contributed by atoms with van der Waals surface area (Å²) in [5, 5.41) is 9.77. The minimum atomic E-state index is -0.767. The van der Waals surface area contributed by atoms with E-state index in [4.69, 9.17) is 4.74 Å². The van der Waals surface area contributed by atoms with Gasteiger partial charge in [0.25, 0.3) is 5.91 Å². The number of amides is 2. The van der Waals surface area contributed by atoms with Crippen LogP contribution in [0.2, 0.25) is 0 Å². The first-order valence-corrected chi connectivity index (χ1v) is 9.91. The number of ether oxygens (including phenoxy) is 1. The molecule has 0 radical (unpaired) electrons. The Balaban J connectivity index is 1.58. The number of carbonyl (C=O) groups excluding carboxylic acids is 2. The topological polar surface area (TPSA) is 102 Å². The molecule has 0 fully saturated rings. The predicted molar refractivity (Wildman–Crippen MR) is 116 cm³/mol. The van der Waals surface area contributed by atoms with E-state index in [9.17, 15) is 14.4 Å². The fourth-order valence-corrected chi connectivity index (χ4v) is 3.56. The molecular formula is C23H22N4O4. The van der Waals surface area contributed by atoms with Crippen LogP contribution in [-0.2, 0) is 11.2 Å². The molecule has 2 amide bonds. The maximum Gasteiger partial charge on any atom is 0.276 e. The highest BCUT2D eigenvalue weighted by Crippen LogP contribution is 2.21. The Morgan fingerprint density at radius 1 is 1.16 bits per heavy atom. The fraction of sp³-hybridized carbons (Fsp3) is 0.217. The normalized spacial score (nSPS) is 15.4. The summed E-state index contributed by atoms with van der Waals surface area (Å²) in [6, 6.07) is 15.2. The largest absolute Gasteiger partial charge is 0.497 e. The van der Waals surface area contributed by atoms with Crippen LogP contribution in [0.4, 0.5) is 5.69 Å². The second kappa shape index (κ2) is 8.43. The van der Waals surface area contributed by atoms with E-state index in [2.05, 4.69) is 15.7 Å². The molecule has 1 aliphatic rings. The van der Waals surface area contributed by atoms with Crippen LogP contribution in [0, 0.1) is 6.92 Å². The Kier molecular flexibility index (Phi) is 5.53. The van der Waals surface area contributed by atoms with Crippen molar-refractivity contribution in [3.05, 3.63) is 81.8 Å². The van der Waals surface area contributed by atoms with Gasteiger partial charge in [-0.3, -0.25) is 14.4 Å². The van der Waals surface area contributed by atoms with Gasteiger partial charge in [-0.15, -0.1) is 0 Å². The summed E-state index contributed by atoms with van der Waals surface area (Å²) in [6.45, 7) is 1.73. The second-order valence-corrected chi connectivity index (χ2v) is 7.32.